The highest BCUT2D eigenvalue weighted by Crippen LogP contribution is 2.28. The van der Waals surface area contributed by atoms with Crippen LogP contribution in [0.25, 0.3) is 16.9 Å². The Labute approximate surface area is 172 Å². The van der Waals surface area contributed by atoms with Crippen LogP contribution in [-0.2, 0) is 6.54 Å². The van der Waals surface area contributed by atoms with Crippen molar-refractivity contribution in [2.24, 2.45) is 5.73 Å². The molecule has 9 nitrogen and oxygen atoms in total. The second kappa shape index (κ2) is 7.93. The smallest absolute Gasteiger partial charge is 0.423 e. The first-order valence-corrected chi connectivity index (χ1v) is 9.23. The van der Waals surface area contributed by atoms with Gasteiger partial charge in [-0.25, -0.2) is 4.98 Å². The summed E-state index contributed by atoms with van der Waals surface area (Å²) < 4.78 is 1.72. The molecule has 0 saturated heterocycles. The Balaban J connectivity index is 1.64. The molecule has 0 saturated carbocycles. The van der Waals surface area contributed by atoms with Gasteiger partial charge in [-0.3, -0.25) is 4.79 Å². The zero-order valence-corrected chi connectivity index (χ0v) is 16.1. The molecule has 10 heteroatoms. The van der Waals surface area contributed by atoms with Crippen molar-refractivity contribution in [2.75, 3.05) is 5.32 Å². The number of hydrogen-bond acceptors (Lipinski definition) is 7. The molecular formula is C20H19BN6O3. The molecule has 1 amide bonds. The number of pyridine rings is 1. The number of carbonyl (C=O) groups is 1. The molecule has 0 spiro atoms. The fourth-order valence-corrected chi connectivity index (χ4v) is 3.37. The summed E-state index contributed by atoms with van der Waals surface area (Å²) in [7, 11) is -1.52. The maximum atomic E-state index is 11.7. The minimum absolute atomic E-state index is 0.370. The topological polar surface area (TPSA) is 139 Å². The number of benzene rings is 1. The summed E-state index contributed by atoms with van der Waals surface area (Å²) >= 11 is 0. The average Bonchev–Trinajstić information content (AvgIpc) is 3.08. The third kappa shape index (κ3) is 3.73. The third-order valence-corrected chi connectivity index (χ3v) is 4.76. The van der Waals surface area contributed by atoms with E-state index in [1.807, 2.05) is 25.3 Å². The number of nitrogens with one attached hydrogen (secondary N) is 1. The fourth-order valence-electron chi connectivity index (χ4n) is 3.37. The van der Waals surface area contributed by atoms with E-state index in [0.717, 1.165) is 22.2 Å². The molecule has 4 rings (SSSR count). The van der Waals surface area contributed by atoms with Crippen LogP contribution in [0.1, 0.15) is 21.6 Å². The van der Waals surface area contributed by atoms with Crippen LogP contribution in [-0.4, -0.2) is 42.7 Å². The van der Waals surface area contributed by atoms with Gasteiger partial charge in [-0.2, -0.15) is 5.10 Å². The molecule has 0 fully saturated rings. The quantitative estimate of drug-likeness (QED) is 0.344. The van der Waals surface area contributed by atoms with Crippen molar-refractivity contribution in [1.29, 1.82) is 0 Å². The van der Waals surface area contributed by atoms with Gasteiger partial charge in [0.05, 0.1) is 11.7 Å². The molecule has 150 valence electrons. The van der Waals surface area contributed by atoms with Crippen molar-refractivity contribution in [3.05, 3.63) is 71.7 Å². The number of carbonyl (C=O) groups excluding carboxylic acids is 1. The summed E-state index contributed by atoms with van der Waals surface area (Å²) in [5.74, 6) is 0.410. The van der Waals surface area contributed by atoms with E-state index < -0.39 is 13.0 Å². The van der Waals surface area contributed by atoms with E-state index in [0.29, 0.717) is 29.3 Å². The number of aryl methyl sites for hydroxylation is 1. The predicted molar refractivity (Wildman–Crippen MR) is 113 cm³/mol. The molecule has 30 heavy (non-hydrogen) atoms. The van der Waals surface area contributed by atoms with Gasteiger partial charge in [0.1, 0.15) is 11.5 Å². The Hall–Kier alpha value is -3.76. The Bertz CT molecular complexity index is 1240. The van der Waals surface area contributed by atoms with Crippen molar-refractivity contribution in [3.8, 4) is 11.4 Å². The van der Waals surface area contributed by atoms with E-state index in [4.69, 9.17) is 5.73 Å². The second-order valence-electron chi connectivity index (χ2n) is 6.86. The maximum Gasteiger partial charge on any atom is 0.488 e. The molecule has 3 heterocycles. The first kappa shape index (κ1) is 19.6. The lowest BCUT2D eigenvalue weighted by Gasteiger charge is -2.08. The summed E-state index contributed by atoms with van der Waals surface area (Å²) in [6.45, 7) is 2.32. The van der Waals surface area contributed by atoms with Crippen LogP contribution in [0.15, 0.2) is 54.9 Å². The Morgan fingerprint density at radius 3 is 2.80 bits per heavy atom. The van der Waals surface area contributed by atoms with E-state index in [-0.39, 0.29) is 0 Å². The lowest BCUT2D eigenvalue weighted by atomic mass is 9.80. The van der Waals surface area contributed by atoms with Crippen molar-refractivity contribution in [2.45, 2.75) is 13.5 Å². The first-order chi connectivity index (χ1) is 14.4. The molecule has 0 unspecified atom stereocenters. The van der Waals surface area contributed by atoms with Crippen molar-refractivity contribution >= 4 is 29.8 Å². The van der Waals surface area contributed by atoms with Crippen LogP contribution in [0.5, 0.6) is 0 Å². The molecule has 0 aliphatic carbocycles. The number of anilines is 1. The average molecular weight is 402 g/mol. The largest absolute Gasteiger partial charge is 0.488 e. The van der Waals surface area contributed by atoms with Gasteiger partial charge in [-0.05, 0) is 35.6 Å². The van der Waals surface area contributed by atoms with Crippen LogP contribution >= 0.6 is 0 Å². The molecule has 0 atom stereocenters. The van der Waals surface area contributed by atoms with Gasteiger partial charge >= 0.3 is 7.12 Å². The zero-order chi connectivity index (χ0) is 21.3. The highest BCUT2D eigenvalue weighted by Gasteiger charge is 2.17. The lowest BCUT2D eigenvalue weighted by Crippen LogP contribution is -2.30. The van der Waals surface area contributed by atoms with Crippen molar-refractivity contribution < 1.29 is 14.8 Å². The number of fused-ring (bicyclic) bond motifs is 1. The third-order valence-electron chi connectivity index (χ3n) is 4.76. The van der Waals surface area contributed by atoms with E-state index in [1.54, 1.807) is 34.7 Å². The van der Waals surface area contributed by atoms with Gasteiger partial charge < -0.3 is 25.5 Å². The minimum atomic E-state index is -1.52. The molecular weight excluding hydrogens is 383 g/mol. The number of nitrogens with zero attached hydrogens (tertiary/aromatic N) is 4. The number of amides is 1. The van der Waals surface area contributed by atoms with Crippen LogP contribution in [0.4, 0.5) is 5.82 Å². The SMILES string of the molecule is Cc1cn2c(C(N)=O)cccc2c1-c1nncc(NCc2cccc(B(O)O)c2)n1. The molecule has 4 aromatic rings. The van der Waals surface area contributed by atoms with Gasteiger partial charge in [0.15, 0.2) is 5.82 Å². The summed E-state index contributed by atoms with van der Waals surface area (Å²) in [5.41, 5.74) is 9.53. The summed E-state index contributed by atoms with van der Waals surface area (Å²) in [6, 6.07) is 12.2. The van der Waals surface area contributed by atoms with E-state index in [9.17, 15) is 14.8 Å². The fraction of sp³-hybridized carbons (Fsp3) is 0.100. The monoisotopic (exact) mass is 402 g/mol. The Morgan fingerprint density at radius 1 is 1.23 bits per heavy atom. The highest BCUT2D eigenvalue weighted by molar-refractivity contribution is 6.58. The molecule has 0 bridgehead atoms. The molecule has 3 aromatic heterocycles. The molecule has 5 N–H and O–H groups in total. The number of hydrogen-bond donors (Lipinski definition) is 4. The van der Waals surface area contributed by atoms with Crippen LogP contribution < -0.4 is 16.5 Å². The van der Waals surface area contributed by atoms with Crippen LogP contribution in [0.2, 0.25) is 0 Å². The van der Waals surface area contributed by atoms with E-state index in [2.05, 4.69) is 20.5 Å². The Kier molecular flexibility index (Phi) is 5.17. The summed E-state index contributed by atoms with van der Waals surface area (Å²) in [6.07, 6.45) is 3.33. The molecule has 0 radical (unpaired) electrons. The summed E-state index contributed by atoms with van der Waals surface area (Å²) in [4.78, 5) is 16.3. The van der Waals surface area contributed by atoms with Crippen molar-refractivity contribution in [3.63, 3.8) is 0 Å². The number of nitrogens with two attached hydrogens (primary N) is 1. The van der Waals surface area contributed by atoms with Gasteiger partial charge in [-0.1, -0.05) is 30.3 Å². The normalized spacial score (nSPS) is 10.9. The second-order valence-corrected chi connectivity index (χ2v) is 6.86. The minimum Gasteiger partial charge on any atom is -0.423 e. The number of rotatable bonds is 6. The van der Waals surface area contributed by atoms with E-state index >= 15 is 0 Å². The lowest BCUT2D eigenvalue weighted by molar-refractivity contribution is 0.0994. The highest BCUT2D eigenvalue weighted by atomic mass is 16.4. The number of primary amides is 1. The van der Waals surface area contributed by atoms with Gasteiger partial charge in [0.2, 0.25) is 0 Å². The van der Waals surface area contributed by atoms with Crippen molar-refractivity contribution in [1.82, 2.24) is 19.6 Å². The number of aromatic nitrogens is 4. The summed E-state index contributed by atoms with van der Waals surface area (Å²) in [5, 5.41) is 30.0. The molecule has 1 aromatic carbocycles. The molecule has 0 aliphatic rings. The molecule has 0 aliphatic heterocycles. The Morgan fingerprint density at radius 2 is 2.03 bits per heavy atom. The van der Waals surface area contributed by atoms with E-state index in [1.165, 1.54) is 6.20 Å². The predicted octanol–water partition coefficient (Wildman–Crippen LogP) is 0.491. The van der Waals surface area contributed by atoms with Crippen LogP contribution in [0, 0.1) is 6.92 Å². The maximum absolute atomic E-state index is 11.7. The van der Waals surface area contributed by atoms with Crippen LogP contribution in [0.3, 0.4) is 0 Å². The standard InChI is InChI=1S/C20H19BN6O3/c1-12-11-27-15(6-3-7-16(27)19(22)28)18(12)20-25-17(10-24-26-20)23-9-13-4-2-5-14(8-13)21(29)30/h2-8,10-11,29-30H,9H2,1H3,(H2,22,28)(H,23,25,26). The van der Waals surface area contributed by atoms with Gasteiger partial charge in [-0.15, -0.1) is 5.10 Å². The van der Waals surface area contributed by atoms with Gasteiger partial charge in [0.25, 0.3) is 5.91 Å². The van der Waals surface area contributed by atoms with Gasteiger partial charge in [0, 0.05) is 18.3 Å². The first-order valence-electron chi connectivity index (χ1n) is 9.23. The zero-order valence-electron chi connectivity index (χ0n) is 16.1.